The third-order valence-electron chi connectivity index (χ3n) is 6.27. The van der Waals surface area contributed by atoms with Crippen LogP contribution in [0.15, 0.2) is 42.7 Å². The number of nitrogens with zero attached hydrogens (tertiary/aromatic N) is 5. The van der Waals surface area contributed by atoms with Crippen LogP contribution in [0.4, 0.5) is 0 Å². The molecule has 0 saturated carbocycles. The molecule has 1 amide bonds. The molecular weight excluding hydrogens is 362 g/mol. The number of pyridine rings is 1. The highest BCUT2D eigenvalue weighted by atomic mass is 16.2. The Kier molecular flexibility index (Phi) is 5.62. The Labute approximate surface area is 172 Å². The average molecular weight is 392 g/mol. The number of carbonyl (C=O) groups excluding carboxylic acids is 1. The van der Waals surface area contributed by atoms with E-state index in [1.807, 2.05) is 60.2 Å². The normalized spacial score (nSPS) is 18.0. The van der Waals surface area contributed by atoms with Crippen LogP contribution in [0.3, 0.4) is 0 Å². The highest BCUT2D eigenvalue weighted by Gasteiger charge is 2.26. The fourth-order valence-electron chi connectivity index (χ4n) is 4.25. The van der Waals surface area contributed by atoms with Gasteiger partial charge in [-0.1, -0.05) is 24.3 Å². The molecule has 0 radical (unpaired) electrons. The van der Waals surface area contributed by atoms with Crippen molar-refractivity contribution in [1.29, 1.82) is 0 Å². The first-order valence-electron chi connectivity index (χ1n) is 10.4. The van der Waals surface area contributed by atoms with Gasteiger partial charge in [0.15, 0.2) is 0 Å². The molecule has 1 fully saturated rings. The first-order valence-corrected chi connectivity index (χ1v) is 10.4. The lowest BCUT2D eigenvalue weighted by atomic mass is 10.1. The van der Waals surface area contributed by atoms with Crippen molar-refractivity contribution >= 4 is 16.7 Å². The van der Waals surface area contributed by atoms with Gasteiger partial charge in [0, 0.05) is 56.1 Å². The number of benzene rings is 1. The molecule has 1 atom stereocenters. The fourth-order valence-corrected chi connectivity index (χ4v) is 4.25. The van der Waals surface area contributed by atoms with E-state index in [1.165, 1.54) is 11.3 Å². The van der Waals surface area contributed by atoms with Gasteiger partial charge in [-0.15, -0.1) is 0 Å². The molecule has 0 bridgehead atoms. The van der Waals surface area contributed by atoms with Gasteiger partial charge in [-0.2, -0.15) is 5.10 Å². The zero-order valence-corrected chi connectivity index (χ0v) is 17.5. The lowest BCUT2D eigenvalue weighted by Gasteiger charge is -2.27. The summed E-state index contributed by atoms with van der Waals surface area (Å²) in [5, 5.41) is 6.34. The number of hydrogen-bond donors (Lipinski definition) is 0. The average Bonchev–Trinajstić information content (AvgIpc) is 2.94. The number of carbonyl (C=O) groups is 1. The van der Waals surface area contributed by atoms with Crippen LogP contribution < -0.4 is 0 Å². The monoisotopic (exact) mass is 391 g/mol. The second-order valence-corrected chi connectivity index (χ2v) is 8.04. The van der Waals surface area contributed by atoms with Crippen LogP contribution in [0.5, 0.6) is 0 Å². The van der Waals surface area contributed by atoms with E-state index in [-0.39, 0.29) is 11.9 Å². The first kappa shape index (κ1) is 19.6. The van der Waals surface area contributed by atoms with Crippen LogP contribution in [0.1, 0.15) is 41.0 Å². The minimum Gasteiger partial charge on any atom is -0.337 e. The molecule has 1 aliphatic rings. The molecule has 0 unspecified atom stereocenters. The highest BCUT2D eigenvalue weighted by Crippen LogP contribution is 2.22. The van der Waals surface area contributed by atoms with Crippen molar-refractivity contribution in [3.05, 3.63) is 59.7 Å². The molecule has 1 saturated heterocycles. The minimum atomic E-state index is 0.0170. The van der Waals surface area contributed by atoms with Crippen LogP contribution in [0.25, 0.3) is 10.8 Å². The van der Waals surface area contributed by atoms with E-state index < -0.39 is 0 Å². The van der Waals surface area contributed by atoms with Crippen molar-refractivity contribution in [2.45, 2.75) is 38.8 Å². The van der Waals surface area contributed by atoms with E-state index in [0.717, 1.165) is 49.7 Å². The van der Waals surface area contributed by atoms with Crippen LogP contribution >= 0.6 is 0 Å². The summed E-state index contributed by atoms with van der Waals surface area (Å²) in [6, 6.07) is 10.2. The second kappa shape index (κ2) is 8.33. The van der Waals surface area contributed by atoms with Gasteiger partial charge in [0.2, 0.25) is 0 Å². The van der Waals surface area contributed by atoms with Crippen molar-refractivity contribution in [3.63, 3.8) is 0 Å². The van der Waals surface area contributed by atoms with E-state index in [9.17, 15) is 4.79 Å². The molecule has 4 rings (SSSR count). The van der Waals surface area contributed by atoms with Crippen LogP contribution in [0.2, 0.25) is 0 Å². The Morgan fingerprint density at radius 2 is 2.03 bits per heavy atom. The van der Waals surface area contributed by atoms with E-state index in [4.69, 9.17) is 0 Å². The van der Waals surface area contributed by atoms with Gasteiger partial charge >= 0.3 is 0 Å². The predicted octanol–water partition coefficient (Wildman–Crippen LogP) is 3.40. The molecule has 6 heteroatoms. The maximum Gasteiger partial charge on any atom is 0.273 e. The molecule has 1 aromatic carbocycles. The summed E-state index contributed by atoms with van der Waals surface area (Å²) in [5.41, 5.74) is 3.06. The van der Waals surface area contributed by atoms with Gasteiger partial charge in [-0.3, -0.25) is 19.4 Å². The number of aromatic nitrogens is 3. The van der Waals surface area contributed by atoms with Gasteiger partial charge in [-0.25, -0.2) is 0 Å². The van der Waals surface area contributed by atoms with Gasteiger partial charge in [0.25, 0.3) is 5.91 Å². The van der Waals surface area contributed by atoms with Gasteiger partial charge in [-0.05, 0) is 44.2 Å². The van der Waals surface area contributed by atoms with Gasteiger partial charge < -0.3 is 4.90 Å². The summed E-state index contributed by atoms with van der Waals surface area (Å²) in [7, 11) is 3.91. The largest absolute Gasteiger partial charge is 0.337 e. The Balaban J connectivity index is 1.44. The molecule has 0 spiro atoms. The molecule has 1 aliphatic heterocycles. The Hall–Kier alpha value is -2.73. The van der Waals surface area contributed by atoms with E-state index >= 15 is 0 Å². The molecule has 6 nitrogen and oxygen atoms in total. The van der Waals surface area contributed by atoms with Crippen molar-refractivity contribution in [1.82, 2.24) is 24.6 Å². The summed E-state index contributed by atoms with van der Waals surface area (Å²) in [6.45, 7) is 5.08. The van der Waals surface area contributed by atoms with E-state index in [1.54, 1.807) is 6.20 Å². The zero-order chi connectivity index (χ0) is 20.4. The van der Waals surface area contributed by atoms with Crippen LogP contribution in [-0.4, -0.2) is 56.7 Å². The molecule has 3 heterocycles. The molecule has 2 aromatic heterocycles. The SMILES string of the molecule is Cc1c(CN2CCC[C@@H](N(C)C(=O)c3nccc4ccccc34)CC2)cnn1C. The summed E-state index contributed by atoms with van der Waals surface area (Å²) in [5.74, 6) is 0.0170. The summed E-state index contributed by atoms with van der Waals surface area (Å²) in [4.78, 5) is 22.0. The van der Waals surface area contributed by atoms with Crippen molar-refractivity contribution < 1.29 is 4.79 Å². The molecule has 29 heavy (non-hydrogen) atoms. The predicted molar refractivity (Wildman–Crippen MR) is 115 cm³/mol. The molecule has 152 valence electrons. The summed E-state index contributed by atoms with van der Waals surface area (Å²) >= 11 is 0. The number of hydrogen-bond acceptors (Lipinski definition) is 4. The Morgan fingerprint density at radius 1 is 1.21 bits per heavy atom. The highest BCUT2D eigenvalue weighted by molar-refractivity contribution is 6.05. The third-order valence-corrected chi connectivity index (χ3v) is 6.27. The maximum atomic E-state index is 13.2. The number of amides is 1. The molecular formula is C23H29N5O. The van der Waals surface area contributed by atoms with E-state index in [2.05, 4.69) is 21.9 Å². The van der Waals surface area contributed by atoms with Gasteiger partial charge in [0.1, 0.15) is 5.69 Å². The fraction of sp³-hybridized carbons (Fsp3) is 0.435. The standard InChI is InChI=1S/C23H29N5O/c1-17-19(15-25-27(17)3)16-28-13-6-8-20(11-14-28)26(2)23(29)22-21-9-5-4-7-18(21)10-12-24-22/h4-5,7,9-10,12,15,20H,6,8,11,13-14,16H2,1-3H3/t20-/m1/s1. The maximum absolute atomic E-state index is 13.2. The lowest BCUT2D eigenvalue weighted by Crippen LogP contribution is -2.38. The van der Waals surface area contributed by atoms with Gasteiger partial charge in [0.05, 0.1) is 6.20 Å². The molecule has 0 N–H and O–H groups in total. The minimum absolute atomic E-state index is 0.0170. The lowest BCUT2D eigenvalue weighted by molar-refractivity contribution is 0.0713. The Morgan fingerprint density at radius 3 is 2.83 bits per heavy atom. The summed E-state index contributed by atoms with van der Waals surface area (Å²) < 4.78 is 1.93. The smallest absolute Gasteiger partial charge is 0.273 e. The van der Waals surface area contributed by atoms with Crippen molar-refractivity contribution in [2.75, 3.05) is 20.1 Å². The second-order valence-electron chi connectivity index (χ2n) is 8.04. The number of aryl methyl sites for hydroxylation is 1. The third kappa shape index (κ3) is 4.03. The zero-order valence-electron chi connectivity index (χ0n) is 17.5. The van der Waals surface area contributed by atoms with Crippen LogP contribution in [-0.2, 0) is 13.6 Å². The quantitative estimate of drug-likeness (QED) is 0.684. The van der Waals surface area contributed by atoms with Crippen molar-refractivity contribution in [2.24, 2.45) is 7.05 Å². The molecule has 3 aromatic rings. The Bertz CT molecular complexity index is 1010. The van der Waals surface area contributed by atoms with E-state index in [0.29, 0.717) is 5.69 Å². The van der Waals surface area contributed by atoms with Crippen LogP contribution in [0, 0.1) is 6.92 Å². The summed E-state index contributed by atoms with van der Waals surface area (Å²) in [6.07, 6.45) is 6.79. The number of rotatable bonds is 4. The first-order chi connectivity index (χ1) is 14.0. The number of fused-ring (bicyclic) bond motifs is 1. The number of likely N-dealkylation sites (tertiary alicyclic amines) is 1. The molecule has 0 aliphatic carbocycles. The van der Waals surface area contributed by atoms with Crippen molar-refractivity contribution in [3.8, 4) is 0 Å². The topological polar surface area (TPSA) is 54.3 Å².